The summed E-state index contributed by atoms with van der Waals surface area (Å²) in [5.74, 6) is -0.428. The van der Waals surface area contributed by atoms with Crippen LogP contribution in [0.3, 0.4) is 0 Å². The number of anilines is 2. The lowest BCUT2D eigenvalue weighted by Crippen LogP contribution is -2.48. The molecule has 0 aliphatic carbocycles. The molecule has 0 saturated heterocycles. The van der Waals surface area contributed by atoms with Crippen molar-refractivity contribution in [1.29, 1.82) is 0 Å². The quantitative estimate of drug-likeness (QED) is 0.844. The molecule has 0 aromatic heterocycles. The molecule has 1 aromatic carbocycles. The Bertz CT molecular complexity index is 504. The van der Waals surface area contributed by atoms with Crippen LogP contribution in [0.15, 0.2) is 24.3 Å². The summed E-state index contributed by atoms with van der Waals surface area (Å²) < 4.78 is 4.79. The molecule has 0 unspecified atom stereocenters. The Morgan fingerprint density at radius 3 is 2.65 bits per heavy atom. The van der Waals surface area contributed by atoms with Crippen LogP contribution < -0.4 is 15.1 Å². The van der Waals surface area contributed by atoms with E-state index in [-0.39, 0.29) is 12.6 Å². The average Bonchev–Trinajstić information content (AvgIpc) is 2.46. The summed E-state index contributed by atoms with van der Waals surface area (Å²) in [5.41, 5.74) is 1.85. The number of carbonyl (C=O) groups is 2. The zero-order valence-corrected chi connectivity index (χ0v) is 11.8. The summed E-state index contributed by atoms with van der Waals surface area (Å²) in [5, 5.41) is 2.59. The van der Waals surface area contributed by atoms with E-state index in [1.807, 2.05) is 31.3 Å². The van der Waals surface area contributed by atoms with Gasteiger partial charge in [0, 0.05) is 20.1 Å². The lowest BCUT2D eigenvalue weighted by Gasteiger charge is -2.35. The normalized spacial score (nSPS) is 13.7. The number of benzene rings is 1. The third kappa shape index (κ3) is 3.01. The van der Waals surface area contributed by atoms with Gasteiger partial charge in [0.25, 0.3) is 0 Å². The summed E-state index contributed by atoms with van der Waals surface area (Å²) in [7, 11) is 1.99. The molecule has 1 aromatic rings. The van der Waals surface area contributed by atoms with Crippen LogP contribution in [0.2, 0.25) is 0 Å². The summed E-state index contributed by atoms with van der Waals surface area (Å²) in [4.78, 5) is 27.2. The number of esters is 1. The molecule has 0 spiro atoms. The molecule has 1 aliphatic rings. The maximum Gasteiger partial charge on any atom is 0.325 e. The maximum atomic E-state index is 12.2. The number of amides is 2. The van der Waals surface area contributed by atoms with E-state index in [0.29, 0.717) is 13.2 Å². The first-order valence-corrected chi connectivity index (χ1v) is 6.64. The zero-order valence-electron chi connectivity index (χ0n) is 11.8. The largest absolute Gasteiger partial charge is 0.465 e. The van der Waals surface area contributed by atoms with Crippen molar-refractivity contribution in [2.45, 2.75) is 6.92 Å². The first-order valence-electron chi connectivity index (χ1n) is 6.64. The van der Waals surface area contributed by atoms with Crippen LogP contribution in [0.4, 0.5) is 16.2 Å². The first-order chi connectivity index (χ1) is 9.63. The SMILES string of the molecule is CCOC(=O)CNC(=O)N1CCN(C)c2ccccc21. The molecule has 6 heteroatoms. The number of para-hydroxylation sites is 2. The molecule has 1 aliphatic heterocycles. The second-order valence-corrected chi connectivity index (χ2v) is 4.53. The van der Waals surface area contributed by atoms with Gasteiger partial charge in [-0.3, -0.25) is 9.69 Å². The lowest BCUT2D eigenvalue weighted by atomic mass is 10.2. The molecule has 0 radical (unpaired) electrons. The fourth-order valence-electron chi connectivity index (χ4n) is 2.17. The smallest absolute Gasteiger partial charge is 0.325 e. The van der Waals surface area contributed by atoms with E-state index in [2.05, 4.69) is 10.2 Å². The van der Waals surface area contributed by atoms with E-state index < -0.39 is 5.97 Å². The van der Waals surface area contributed by atoms with E-state index in [1.54, 1.807) is 11.8 Å². The number of ether oxygens (including phenoxy) is 1. The van der Waals surface area contributed by atoms with Gasteiger partial charge in [-0.05, 0) is 19.1 Å². The Morgan fingerprint density at radius 2 is 1.95 bits per heavy atom. The highest BCUT2D eigenvalue weighted by Crippen LogP contribution is 2.31. The molecule has 108 valence electrons. The van der Waals surface area contributed by atoms with Gasteiger partial charge in [0.15, 0.2) is 0 Å². The van der Waals surface area contributed by atoms with Crippen LogP contribution in [0.1, 0.15) is 6.92 Å². The van der Waals surface area contributed by atoms with Crippen LogP contribution in [-0.4, -0.2) is 45.3 Å². The highest BCUT2D eigenvalue weighted by Gasteiger charge is 2.24. The molecule has 20 heavy (non-hydrogen) atoms. The van der Waals surface area contributed by atoms with Crippen molar-refractivity contribution in [2.24, 2.45) is 0 Å². The van der Waals surface area contributed by atoms with Crippen LogP contribution in [0, 0.1) is 0 Å². The van der Waals surface area contributed by atoms with Crippen molar-refractivity contribution >= 4 is 23.4 Å². The third-order valence-electron chi connectivity index (χ3n) is 3.18. The second kappa shape index (κ2) is 6.27. The van der Waals surface area contributed by atoms with Gasteiger partial charge in [0.1, 0.15) is 6.54 Å². The van der Waals surface area contributed by atoms with Crippen molar-refractivity contribution in [3.8, 4) is 0 Å². The van der Waals surface area contributed by atoms with Gasteiger partial charge in [-0.15, -0.1) is 0 Å². The van der Waals surface area contributed by atoms with E-state index in [1.165, 1.54) is 0 Å². The van der Waals surface area contributed by atoms with Crippen molar-refractivity contribution in [3.63, 3.8) is 0 Å². The van der Waals surface area contributed by atoms with Gasteiger partial charge >= 0.3 is 12.0 Å². The summed E-state index contributed by atoms with van der Waals surface area (Å²) in [6.45, 7) is 3.27. The Hall–Kier alpha value is -2.24. The van der Waals surface area contributed by atoms with Crippen molar-refractivity contribution in [3.05, 3.63) is 24.3 Å². The molecule has 1 heterocycles. The van der Waals surface area contributed by atoms with Crippen molar-refractivity contribution < 1.29 is 14.3 Å². The molecule has 0 fully saturated rings. The number of likely N-dealkylation sites (N-methyl/N-ethyl adjacent to an activating group) is 1. The van der Waals surface area contributed by atoms with Crippen LogP contribution in [0.25, 0.3) is 0 Å². The maximum absolute atomic E-state index is 12.2. The molecule has 0 bridgehead atoms. The molecular weight excluding hydrogens is 258 g/mol. The van der Waals surface area contributed by atoms with Gasteiger partial charge in [0.05, 0.1) is 18.0 Å². The highest BCUT2D eigenvalue weighted by atomic mass is 16.5. The van der Waals surface area contributed by atoms with E-state index in [9.17, 15) is 9.59 Å². The van der Waals surface area contributed by atoms with Crippen molar-refractivity contribution in [2.75, 3.05) is 43.1 Å². The van der Waals surface area contributed by atoms with Gasteiger partial charge in [-0.2, -0.15) is 0 Å². The van der Waals surface area contributed by atoms with Crippen LogP contribution >= 0.6 is 0 Å². The standard InChI is InChI=1S/C14H19N3O3/c1-3-20-13(18)10-15-14(19)17-9-8-16(2)11-6-4-5-7-12(11)17/h4-7H,3,8-10H2,1-2H3,(H,15,19). The predicted molar refractivity (Wildman–Crippen MR) is 77.1 cm³/mol. The minimum atomic E-state index is -0.428. The number of hydrogen-bond acceptors (Lipinski definition) is 4. The molecular formula is C14H19N3O3. The molecule has 0 saturated carbocycles. The molecule has 6 nitrogen and oxygen atoms in total. The van der Waals surface area contributed by atoms with Crippen LogP contribution in [-0.2, 0) is 9.53 Å². The Labute approximate surface area is 118 Å². The van der Waals surface area contributed by atoms with Gasteiger partial charge in [-0.1, -0.05) is 12.1 Å². The summed E-state index contributed by atoms with van der Waals surface area (Å²) in [6, 6.07) is 7.42. The van der Waals surface area contributed by atoms with E-state index in [4.69, 9.17) is 4.74 Å². The van der Waals surface area contributed by atoms with E-state index in [0.717, 1.165) is 17.9 Å². The third-order valence-corrected chi connectivity index (χ3v) is 3.18. The van der Waals surface area contributed by atoms with Gasteiger partial charge in [0.2, 0.25) is 0 Å². The predicted octanol–water partition coefficient (Wildman–Crippen LogP) is 1.22. The van der Waals surface area contributed by atoms with Crippen LogP contribution in [0.5, 0.6) is 0 Å². The number of hydrogen-bond donors (Lipinski definition) is 1. The zero-order chi connectivity index (χ0) is 14.5. The Morgan fingerprint density at radius 1 is 1.25 bits per heavy atom. The van der Waals surface area contributed by atoms with E-state index >= 15 is 0 Å². The Balaban J connectivity index is 2.04. The number of nitrogens with zero attached hydrogens (tertiary/aromatic N) is 2. The fourth-order valence-corrected chi connectivity index (χ4v) is 2.17. The number of urea groups is 1. The van der Waals surface area contributed by atoms with Gasteiger partial charge in [-0.25, -0.2) is 4.79 Å². The lowest BCUT2D eigenvalue weighted by molar-refractivity contribution is -0.141. The first kappa shape index (κ1) is 14.2. The topological polar surface area (TPSA) is 61.9 Å². The summed E-state index contributed by atoms with van der Waals surface area (Å²) in [6.07, 6.45) is 0. The number of fused-ring (bicyclic) bond motifs is 1. The highest BCUT2D eigenvalue weighted by molar-refractivity contribution is 5.97. The van der Waals surface area contributed by atoms with Gasteiger partial charge < -0.3 is 15.0 Å². The number of nitrogens with one attached hydrogen (secondary N) is 1. The Kier molecular flexibility index (Phi) is 4.45. The average molecular weight is 277 g/mol. The molecule has 0 atom stereocenters. The molecule has 2 amide bonds. The minimum Gasteiger partial charge on any atom is -0.465 e. The summed E-state index contributed by atoms with van der Waals surface area (Å²) >= 11 is 0. The molecule has 1 N–H and O–H groups in total. The second-order valence-electron chi connectivity index (χ2n) is 4.53. The monoisotopic (exact) mass is 277 g/mol. The fraction of sp³-hybridized carbons (Fsp3) is 0.429. The number of carbonyl (C=O) groups excluding carboxylic acids is 2. The molecule has 2 rings (SSSR count). The van der Waals surface area contributed by atoms with Crippen molar-refractivity contribution in [1.82, 2.24) is 5.32 Å². The minimum absolute atomic E-state index is 0.110. The number of rotatable bonds is 3.